The van der Waals surface area contributed by atoms with Crippen molar-refractivity contribution in [2.24, 2.45) is 0 Å². The number of methoxy groups -OCH3 is 1. The van der Waals surface area contributed by atoms with E-state index in [1.54, 1.807) is 7.11 Å². The lowest BCUT2D eigenvalue weighted by Gasteiger charge is -2.26. The lowest BCUT2D eigenvalue weighted by Crippen LogP contribution is -2.30. The third-order valence-corrected chi connectivity index (χ3v) is 4.62. The van der Waals surface area contributed by atoms with Gasteiger partial charge in [0.05, 0.1) is 13.2 Å². The highest BCUT2D eigenvalue weighted by atomic mass is 16.5. The number of benzene rings is 2. The highest BCUT2D eigenvalue weighted by molar-refractivity contribution is 5.95. The van der Waals surface area contributed by atoms with E-state index in [-0.39, 0.29) is 11.9 Å². The van der Waals surface area contributed by atoms with E-state index in [2.05, 4.69) is 12.1 Å². The molecule has 1 unspecified atom stereocenters. The molecule has 1 atom stereocenters. The molecule has 0 radical (unpaired) electrons. The van der Waals surface area contributed by atoms with Crippen LogP contribution in [0.25, 0.3) is 0 Å². The molecule has 2 aromatic carbocycles. The number of amides is 1. The summed E-state index contributed by atoms with van der Waals surface area (Å²) >= 11 is 0. The standard InChI is InChI=1S/C20H24N2O2/c1-21(2)17-7-4-6-16(14-17)20(23)22-13-5-8-19(22)15-9-11-18(24-3)12-10-15/h4,6-7,9-12,14,19H,5,8,13H2,1-3H3. The molecule has 0 N–H and O–H groups in total. The lowest BCUT2D eigenvalue weighted by atomic mass is 10.0. The van der Waals surface area contributed by atoms with Gasteiger partial charge in [0.1, 0.15) is 5.75 Å². The molecular weight excluding hydrogens is 300 g/mol. The van der Waals surface area contributed by atoms with Gasteiger partial charge in [-0.3, -0.25) is 4.79 Å². The maximum absolute atomic E-state index is 13.0. The zero-order chi connectivity index (χ0) is 17.1. The molecule has 1 heterocycles. The maximum Gasteiger partial charge on any atom is 0.254 e. The minimum atomic E-state index is 0.108. The molecule has 3 rings (SSSR count). The number of carbonyl (C=O) groups excluding carboxylic acids is 1. The van der Waals surface area contributed by atoms with Gasteiger partial charge in [-0.25, -0.2) is 0 Å². The highest BCUT2D eigenvalue weighted by Gasteiger charge is 2.30. The Morgan fingerprint density at radius 2 is 1.92 bits per heavy atom. The van der Waals surface area contributed by atoms with E-state index in [4.69, 9.17) is 4.74 Å². The van der Waals surface area contributed by atoms with Crippen LogP contribution in [0.3, 0.4) is 0 Å². The first kappa shape index (κ1) is 16.4. The summed E-state index contributed by atoms with van der Waals surface area (Å²) in [5.41, 5.74) is 2.97. The number of likely N-dealkylation sites (tertiary alicyclic amines) is 1. The van der Waals surface area contributed by atoms with Crippen LogP contribution in [0.2, 0.25) is 0 Å². The molecule has 1 aliphatic rings. The Labute approximate surface area is 143 Å². The highest BCUT2D eigenvalue weighted by Crippen LogP contribution is 2.34. The van der Waals surface area contributed by atoms with Gasteiger partial charge in [-0.05, 0) is 48.7 Å². The number of carbonyl (C=O) groups is 1. The third kappa shape index (κ3) is 3.23. The second-order valence-corrected chi connectivity index (χ2v) is 6.37. The second-order valence-electron chi connectivity index (χ2n) is 6.37. The second kappa shape index (κ2) is 6.95. The molecule has 0 aromatic heterocycles. The van der Waals surface area contributed by atoms with E-state index in [1.165, 1.54) is 5.56 Å². The van der Waals surface area contributed by atoms with Gasteiger partial charge in [-0.2, -0.15) is 0 Å². The zero-order valence-corrected chi connectivity index (χ0v) is 14.5. The van der Waals surface area contributed by atoms with E-state index in [0.717, 1.165) is 36.4 Å². The lowest BCUT2D eigenvalue weighted by molar-refractivity contribution is 0.0735. The first-order valence-corrected chi connectivity index (χ1v) is 8.32. The fourth-order valence-electron chi connectivity index (χ4n) is 3.27. The van der Waals surface area contributed by atoms with Crippen LogP contribution in [0.1, 0.15) is 34.8 Å². The van der Waals surface area contributed by atoms with E-state index < -0.39 is 0 Å². The van der Waals surface area contributed by atoms with Crippen LogP contribution >= 0.6 is 0 Å². The SMILES string of the molecule is COc1ccc(C2CCCN2C(=O)c2cccc(N(C)C)c2)cc1. The monoisotopic (exact) mass is 324 g/mol. The van der Waals surface area contributed by atoms with Crippen molar-refractivity contribution in [1.82, 2.24) is 4.90 Å². The number of rotatable bonds is 4. The van der Waals surface area contributed by atoms with Gasteiger partial charge in [0.2, 0.25) is 0 Å². The Balaban J connectivity index is 1.84. The van der Waals surface area contributed by atoms with Crippen LogP contribution in [0, 0.1) is 0 Å². The Bertz CT molecular complexity index is 710. The van der Waals surface area contributed by atoms with Crippen molar-refractivity contribution < 1.29 is 9.53 Å². The normalized spacial score (nSPS) is 17.0. The van der Waals surface area contributed by atoms with Crippen LogP contribution in [0.5, 0.6) is 5.75 Å². The van der Waals surface area contributed by atoms with E-state index in [0.29, 0.717) is 0 Å². The molecule has 126 valence electrons. The zero-order valence-electron chi connectivity index (χ0n) is 14.5. The molecule has 1 fully saturated rings. The summed E-state index contributed by atoms with van der Waals surface area (Å²) in [5.74, 6) is 0.949. The van der Waals surface area contributed by atoms with Crippen molar-refractivity contribution in [2.75, 3.05) is 32.6 Å². The Morgan fingerprint density at radius 1 is 1.17 bits per heavy atom. The summed E-state index contributed by atoms with van der Waals surface area (Å²) < 4.78 is 5.23. The topological polar surface area (TPSA) is 32.8 Å². The van der Waals surface area contributed by atoms with Crippen LogP contribution in [-0.4, -0.2) is 38.6 Å². The molecular formula is C20H24N2O2. The summed E-state index contributed by atoms with van der Waals surface area (Å²) in [6.07, 6.45) is 2.04. The van der Waals surface area contributed by atoms with Gasteiger partial charge in [0, 0.05) is 31.9 Å². The fourth-order valence-corrected chi connectivity index (χ4v) is 3.27. The summed E-state index contributed by atoms with van der Waals surface area (Å²) in [6.45, 7) is 0.807. The minimum Gasteiger partial charge on any atom is -0.497 e. The molecule has 1 amide bonds. The average molecular weight is 324 g/mol. The number of nitrogens with zero attached hydrogens (tertiary/aromatic N) is 2. The molecule has 0 bridgehead atoms. The molecule has 4 heteroatoms. The van der Waals surface area contributed by atoms with Crippen molar-refractivity contribution in [2.45, 2.75) is 18.9 Å². The molecule has 24 heavy (non-hydrogen) atoms. The summed E-state index contributed by atoms with van der Waals surface area (Å²) in [5, 5.41) is 0. The Morgan fingerprint density at radius 3 is 2.58 bits per heavy atom. The number of ether oxygens (including phenoxy) is 1. The van der Waals surface area contributed by atoms with Crippen molar-refractivity contribution >= 4 is 11.6 Å². The van der Waals surface area contributed by atoms with Gasteiger partial charge in [-0.1, -0.05) is 18.2 Å². The summed E-state index contributed by atoms with van der Waals surface area (Å²) in [7, 11) is 5.64. The van der Waals surface area contributed by atoms with Gasteiger partial charge in [0.15, 0.2) is 0 Å². The minimum absolute atomic E-state index is 0.108. The fraction of sp³-hybridized carbons (Fsp3) is 0.350. The van der Waals surface area contributed by atoms with Crippen LogP contribution < -0.4 is 9.64 Å². The number of hydrogen-bond donors (Lipinski definition) is 0. The third-order valence-electron chi connectivity index (χ3n) is 4.62. The molecule has 1 saturated heterocycles. The van der Waals surface area contributed by atoms with Crippen LogP contribution in [-0.2, 0) is 0 Å². The molecule has 4 nitrogen and oxygen atoms in total. The van der Waals surface area contributed by atoms with Crippen LogP contribution in [0.4, 0.5) is 5.69 Å². The van der Waals surface area contributed by atoms with Gasteiger partial charge >= 0.3 is 0 Å². The molecule has 0 aliphatic carbocycles. The number of anilines is 1. The molecule has 0 spiro atoms. The van der Waals surface area contributed by atoms with Crippen molar-refractivity contribution in [3.05, 3.63) is 59.7 Å². The summed E-state index contributed by atoms with van der Waals surface area (Å²) in [4.78, 5) is 17.0. The summed E-state index contributed by atoms with van der Waals surface area (Å²) in [6, 6.07) is 16.0. The maximum atomic E-state index is 13.0. The predicted octanol–water partition coefficient (Wildman–Crippen LogP) is 3.74. The first-order valence-electron chi connectivity index (χ1n) is 8.32. The van der Waals surface area contributed by atoms with E-state index in [9.17, 15) is 4.79 Å². The largest absolute Gasteiger partial charge is 0.497 e. The quantitative estimate of drug-likeness (QED) is 0.859. The van der Waals surface area contributed by atoms with Gasteiger partial charge in [0.25, 0.3) is 5.91 Å². The predicted molar refractivity (Wildman–Crippen MR) is 96.8 cm³/mol. The number of hydrogen-bond acceptors (Lipinski definition) is 3. The van der Waals surface area contributed by atoms with Gasteiger partial charge < -0.3 is 14.5 Å². The van der Waals surface area contributed by atoms with E-state index in [1.807, 2.05) is 60.3 Å². The molecule has 1 aliphatic heterocycles. The first-order chi connectivity index (χ1) is 11.6. The molecule has 2 aromatic rings. The van der Waals surface area contributed by atoms with Crippen molar-refractivity contribution in [3.8, 4) is 5.75 Å². The van der Waals surface area contributed by atoms with E-state index >= 15 is 0 Å². The van der Waals surface area contributed by atoms with Crippen molar-refractivity contribution in [1.29, 1.82) is 0 Å². The van der Waals surface area contributed by atoms with Gasteiger partial charge in [-0.15, -0.1) is 0 Å². The Kier molecular flexibility index (Phi) is 4.74. The smallest absolute Gasteiger partial charge is 0.254 e. The Hall–Kier alpha value is -2.49. The van der Waals surface area contributed by atoms with Crippen LogP contribution in [0.15, 0.2) is 48.5 Å². The van der Waals surface area contributed by atoms with Crippen molar-refractivity contribution in [3.63, 3.8) is 0 Å². The average Bonchev–Trinajstić information content (AvgIpc) is 3.11. The molecule has 0 saturated carbocycles.